The zero-order chi connectivity index (χ0) is 14.0. The van der Waals surface area contributed by atoms with Crippen LogP contribution in [0.5, 0.6) is 0 Å². The van der Waals surface area contributed by atoms with Gasteiger partial charge in [-0.25, -0.2) is 4.39 Å². The van der Waals surface area contributed by atoms with Crippen molar-refractivity contribution < 1.29 is 4.39 Å². The third-order valence-corrected chi connectivity index (χ3v) is 4.44. The number of rotatable bonds is 5. The first-order valence-corrected chi connectivity index (χ1v) is 7.37. The van der Waals surface area contributed by atoms with Crippen LogP contribution in [-0.2, 0) is 0 Å². The monoisotopic (exact) mass is 263 g/mol. The van der Waals surface area contributed by atoms with E-state index in [2.05, 4.69) is 33.0 Å². The molecule has 1 N–H and O–H groups in total. The van der Waals surface area contributed by atoms with Crippen molar-refractivity contribution >= 4 is 0 Å². The highest BCUT2D eigenvalue weighted by Gasteiger charge is 2.32. The molecule has 0 aliphatic heterocycles. The molecule has 19 heavy (non-hydrogen) atoms. The lowest BCUT2D eigenvalue weighted by molar-refractivity contribution is 0.242. The molecule has 1 aliphatic carbocycles. The summed E-state index contributed by atoms with van der Waals surface area (Å²) in [6.45, 7) is 10.2. The summed E-state index contributed by atoms with van der Waals surface area (Å²) < 4.78 is 13.0. The molecule has 106 valence electrons. The minimum atomic E-state index is -0.152. The number of halogens is 1. The fraction of sp³-hybridized carbons (Fsp3) is 0.647. The van der Waals surface area contributed by atoms with Gasteiger partial charge < -0.3 is 5.32 Å². The lowest BCUT2D eigenvalue weighted by Crippen LogP contribution is -2.33. The molecule has 1 aromatic carbocycles. The normalized spacial score (nSPS) is 19.2. The van der Waals surface area contributed by atoms with E-state index in [9.17, 15) is 4.39 Å². The van der Waals surface area contributed by atoms with Crippen LogP contribution in [0.3, 0.4) is 0 Å². The van der Waals surface area contributed by atoms with Gasteiger partial charge in [0.25, 0.3) is 0 Å². The summed E-state index contributed by atoms with van der Waals surface area (Å²) in [7, 11) is 0. The summed E-state index contributed by atoms with van der Waals surface area (Å²) in [4.78, 5) is 0. The first kappa shape index (κ1) is 14.5. The molecular formula is C17H26FN. The molecule has 1 nitrogen and oxygen atoms in total. The molecule has 0 radical (unpaired) electrons. The third kappa shape index (κ3) is 4.04. The van der Waals surface area contributed by atoms with E-state index >= 15 is 0 Å². The lowest BCUT2D eigenvalue weighted by Gasteiger charge is -2.30. The van der Waals surface area contributed by atoms with E-state index in [1.54, 1.807) is 12.1 Å². The maximum absolute atomic E-state index is 13.0. The van der Waals surface area contributed by atoms with Gasteiger partial charge in [-0.2, -0.15) is 0 Å². The number of nitrogens with one attached hydrogen (secondary N) is 1. The summed E-state index contributed by atoms with van der Waals surface area (Å²) in [5.41, 5.74) is 1.55. The van der Waals surface area contributed by atoms with Crippen LogP contribution in [0.1, 0.15) is 52.1 Å². The first-order valence-electron chi connectivity index (χ1n) is 7.37. The first-order chi connectivity index (χ1) is 8.88. The molecule has 2 heteroatoms. The Labute approximate surface area is 116 Å². The molecule has 1 aliphatic rings. The Hall–Kier alpha value is -0.890. The minimum absolute atomic E-state index is 0.152. The van der Waals surface area contributed by atoms with Gasteiger partial charge in [0.05, 0.1) is 0 Å². The van der Waals surface area contributed by atoms with E-state index in [1.165, 1.54) is 18.4 Å². The Kier molecular flexibility index (Phi) is 4.29. The van der Waals surface area contributed by atoms with E-state index < -0.39 is 0 Å². The third-order valence-electron chi connectivity index (χ3n) is 4.44. The molecule has 0 aromatic heterocycles. The van der Waals surface area contributed by atoms with Crippen molar-refractivity contribution in [1.29, 1.82) is 0 Å². The van der Waals surface area contributed by atoms with E-state index in [0.29, 0.717) is 17.4 Å². The van der Waals surface area contributed by atoms with Crippen molar-refractivity contribution in [2.24, 2.45) is 17.3 Å². The van der Waals surface area contributed by atoms with Crippen molar-refractivity contribution in [3.63, 3.8) is 0 Å². The van der Waals surface area contributed by atoms with Crippen molar-refractivity contribution in [3.8, 4) is 0 Å². The van der Waals surface area contributed by atoms with Crippen molar-refractivity contribution in [1.82, 2.24) is 5.32 Å². The van der Waals surface area contributed by atoms with Crippen LogP contribution in [0, 0.1) is 23.1 Å². The van der Waals surface area contributed by atoms with Gasteiger partial charge in [-0.15, -0.1) is 0 Å². The van der Waals surface area contributed by atoms with Crippen LogP contribution in [0.15, 0.2) is 24.3 Å². The second-order valence-electron chi connectivity index (χ2n) is 7.04. The number of hydrogen-bond acceptors (Lipinski definition) is 1. The van der Waals surface area contributed by atoms with Gasteiger partial charge in [-0.3, -0.25) is 0 Å². The lowest BCUT2D eigenvalue weighted by atomic mass is 9.82. The predicted molar refractivity (Wildman–Crippen MR) is 78.5 cm³/mol. The molecule has 2 rings (SSSR count). The van der Waals surface area contributed by atoms with Gasteiger partial charge in [-0.05, 0) is 54.3 Å². The van der Waals surface area contributed by atoms with Crippen LogP contribution < -0.4 is 5.32 Å². The summed E-state index contributed by atoms with van der Waals surface area (Å²) >= 11 is 0. The molecule has 2 atom stereocenters. The summed E-state index contributed by atoms with van der Waals surface area (Å²) in [6.07, 6.45) is 2.58. The average Bonchev–Trinajstić information content (AvgIpc) is 3.14. The second kappa shape index (κ2) is 5.62. The van der Waals surface area contributed by atoms with Crippen LogP contribution in [0.2, 0.25) is 0 Å². The van der Waals surface area contributed by atoms with Crippen molar-refractivity contribution in [3.05, 3.63) is 35.6 Å². The summed E-state index contributed by atoms with van der Waals surface area (Å²) in [6, 6.07) is 7.38. The molecular weight excluding hydrogens is 237 g/mol. The van der Waals surface area contributed by atoms with Crippen LogP contribution >= 0.6 is 0 Å². The quantitative estimate of drug-likeness (QED) is 0.822. The standard InChI is InChI=1S/C17H26FN/c1-12(17(2,3)4)11-19-16(13-5-6-13)14-7-9-15(18)10-8-14/h7-10,12-13,16,19H,5-6,11H2,1-4H3. The SMILES string of the molecule is CC(CNC(c1ccc(F)cc1)C1CC1)C(C)(C)C. The van der Waals surface area contributed by atoms with Gasteiger partial charge in [0.2, 0.25) is 0 Å². The second-order valence-corrected chi connectivity index (χ2v) is 7.04. The van der Waals surface area contributed by atoms with Crippen molar-refractivity contribution in [2.45, 2.75) is 46.6 Å². The zero-order valence-electron chi connectivity index (χ0n) is 12.5. The highest BCUT2D eigenvalue weighted by molar-refractivity contribution is 5.22. The fourth-order valence-electron chi connectivity index (χ4n) is 2.27. The van der Waals surface area contributed by atoms with Crippen LogP contribution in [-0.4, -0.2) is 6.54 Å². The van der Waals surface area contributed by atoms with Gasteiger partial charge in [0.15, 0.2) is 0 Å². The van der Waals surface area contributed by atoms with E-state index in [0.717, 1.165) is 12.5 Å². The average molecular weight is 263 g/mol. The fourth-order valence-corrected chi connectivity index (χ4v) is 2.27. The molecule has 0 heterocycles. The summed E-state index contributed by atoms with van der Waals surface area (Å²) in [5.74, 6) is 1.20. The molecule has 0 saturated heterocycles. The van der Waals surface area contributed by atoms with Crippen LogP contribution in [0.25, 0.3) is 0 Å². The van der Waals surface area contributed by atoms with Crippen LogP contribution in [0.4, 0.5) is 4.39 Å². The Morgan fingerprint density at radius 2 is 1.79 bits per heavy atom. The zero-order valence-corrected chi connectivity index (χ0v) is 12.5. The topological polar surface area (TPSA) is 12.0 Å². The molecule has 1 fully saturated rings. The molecule has 0 amide bonds. The highest BCUT2D eigenvalue weighted by atomic mass is 19.1. The summed E-state index contributed by atoms with van der Waals surface area (Å²) in [5, 5.41) is 3.70. The highest BCUT2D eigenvalue weighted by Crippen LogP contribution is 2.41. The largest absolute Gasteiger partial charge is 0.309 e. The maximum Gasteiger partial charge on any atom is 0.123 e. The molecule has 0 bridgehead atoms. The van der Waals surface area contributed by atoms with Gasteiger partial charge in [0.1, 0.15) is 5.82 Å². The molecule has 1 saturated carbocycles. The van der Waals surface area contributed by atoms with E-state index in [-0.39, 0.29) is 5.82 Å². The Balaban J connectivity index is 1.99. The van der Waals surface area contributed by atoms with Gasteiger partial charge >= 0.3 is 0 Å². The maximum atomic E-state index is 13.0. The van der Waals surface area contributed by atoms with Crippen molar-refractivity contribution in [2.75, 3.05) is 6.54 Å². The van der Waals surface area contributed by atoms with E-state index in [4.69, 9.17) is 0 Å². The molecule has 2 unspecified atom stereocenters. The Bertz CT molecular complexity index is 400. The number of hydrogen-bond donors (Lipinski definition) is 1. The molecule has 1 aromatic rings. The number of benzene rings is 1. The Morgan fingerprint density at radius 3 is 2.26 bits per heavy atom. The smallest absolute Gasteiger partial charge is 0.123 e. The minimum Gasteiger partial charge on any atom is -0.309 e. The van der Waals surface area contributed by atoms with Gasteiger partial charge in [0, 0.05) is 6.04 Å². The van der Waals surface area contributed by atoms with Gasteiger partial charge in [-0.1, -0.05) is 39.8 Å². The van der Waals surface area contributed by atoms with E-state index in [1.807, 2.05) is 12.1 Å². The molecule has 0 spiro atoms. The Morgan fingerprint density at radius 1 is 1.21 bits per heavy atom. The predicted octanol–water partition coefficient (Wildman–Crippen LogP) is 4.55.